The van der Waals surface area contributed by atoms with Gasteiger partial charge in [-0.3, -0.25) is 9.69 Å². The van der Waals surface area contributed by atoms with Crippen molar-refractivity contribution in [3.8, 4) is 0 Å². The van der Waals surface area contributed by atoms with Crippen LogP contribution in [0.15, 0.2) is 54.6 Å². The molecule has 0 radical (unpaired) electrons. The van der Waals surface area contributed by atoms with Gasteiger partial charge >= 0.3 is 12.2 Å². The van der Waals surface area contributed by atoms with Gasteiger partial charge in [-0.1, -0.05) is 54.6 Å². The Bertz CT molecular complexity index is 1080. The van der Waals surface area contributed by atoms with Crippen LogP contribution in [-0.2, 0) is 27.3 Å². The number of aryl methyl sites for hydroxylation is 1. The number of piperazine rings is 1. The molecule has 0 N–H and O–H groups in total. The largest absolute Gasteiger partial charge is 0.445 e. The van der Waals surface area contributed by atoms with E-state index in [1.807, 2.05) is 42.5 Å². The predicted octanol–water partition coefficient (Wildman–Crippen LogP) is 5.32. The van der Waals surface area contributed by atoms with E-state index in [-0.39, 0.29) is 37.9 Å². The third kappa shape index (κ3) is 6.45. The maximum Gasteiger partial charge on any atom is 0.411 e. The van der Waals surface area contributed by atoms with Crippen molar-refractivity contribution in [2.24, 2.45) is 0 Å². The molecule has 0 saturated carbocycles. The molecule has 1 aliphatic carbocycles. The van der Waals surface area contributed by atoms with Crippen molar-refractivity contribution in [3.63, 3.8) is 0 Å². The molecule has 0 bridgehead atoms. The second-order valence-electron chi connectivity index (χ2n) is 10.6. The summed E-state index contributed by atoms with van der Waals surface area (Å²) >= 11 is 0. The van der Waals surface area contributed by atoms with E-state index in [2.05, 4.69) is 12.1 Å². The van der Waals surface area contributed by atoms with E-state index in [0.29, 0.717) is 6.42 Å². The van der Waals surface area contributed by atoms with Crippen molar-refractivity contribution in [2.45, 2.75) is 70.6 Å². The molecule has 192 valence electrons. The van der Waals surface area contributed by atoms with Crippen LogP contribution >= 0.6 is 0 Å². The minimum atomic E-state index is -0.771. The van der Waals surface area contributed by atoms with Crippen LogP contribution in [0, 0.1) is 0 Å². The molecule has 1 saturated heterocycles. The molecule has 7 heteroatoms. The lowest BCUT2D eigenvalue weighted by Gasteiger charge is -2.41. The molecule has 2 aromatic rings. The highest BCUT2D eigenvalue weighted by Crippen LogP contribution is 2.35. The molecule has 2 amide bonds. The highest BCUT2D eigenvalue weighted by Gasteiger charge is 2.40. The lowest BCUT2D eigenvalue weighted by Crippen LogP contribution is -2.60. The predicted molar refractivity (Wildman–Crippen MR) is 137 cm³/mol. The molecule has 36 heavy (non-hydrogen) atoms. The quantitative estimate of drug-likeness (QED) is 0.564. The molecule has 0 unspecified atom stereocenters. The first-order valence-corrected chi connectivity index (χ1v) is 12.8. The normalized spacial score (nSPS) is 19.9. The third-order valence-electron chi connectivity index (χ3n) is 6.78. The fourth-order valence-corrected chi connectivity index (χ4v) is 5.02. The number of carbonyl (C=O) groups excluding carboxylic acids is 3. The minimum Gasteiger partial charge on any atom is -0.445 e. The maximum atomic E-state index is 13.7. The van der Waals surface area contributed by atoms with Crippen LogP contribution in [-0.4, -0.2) is 59.0 Å². The molecule has 4 rings (SSSR count). The Morgan fingerprint density at radius 1 is 0.944 bits per heavy atom. The van der Waals surface area contributed by atoms with Gasteiger partial charge in [0.1, 0.15) is 18.2 Å². The summed E-state index contributed by atoms with van der Waals surface area (Å²) < 4.78 is 11.1. The number of hydrogen-bond donors (Lipinski definition) is 0. The fourth-order valence-electron chi connectivity index (χ4n) is 5.02. The van der Waals surface area contributed by atoms with E-state index >= 15 is 0 Å². The third-order valence-corrected chi connectivity index (χ3v) is 6.78. The molecule has 7 nitrogen and oxygen atoms in total. The van der Waals surface area contributed by atoms with Crippen LogP contribution in [0.5, 0.6) is 0 Å². The monoisotopic (exact) mass is 492 g/mol. The van der Waals surface area contributed by atoms with E-state index in [1.54, 1.807) is 20.8 Å². The Balaban J connectivity index is 1.48. The van der Waals surface area contributed by atoms with Gasteiger partial charge in [0.25, 0.3) is 0 Å². The molecule has 2 aromatic carbocycles. The Hall–Kier alpha value is -3.35. The number of Topliss-reactive ketones (excluding diaryl/α,β-unsaturated/α-hetero) is 1. The van der Waals surface area contributed by atoms with Gasteiger partial charge in [-0.25, -0.2) is 9.59 Å². The average molecular weight is 493 g/mol. The molecule has 0 aromatic heterocycles. The van der Waals surface area contributed by atoms with Gasteiger partial charge in [-0.05, 0) is 62.6 Å². The summed E-state index contributed by atoms with van der Waals surface area (Å²) in [6.07, 6.45) is 2.31. The minimum absolute atomic E-state index is 0.0527. The van der Waals surface area contributed by atoms with Crippen LogP contribution in [0.25, 0.3) is 0 Å². The first-order chi connectivity index (χ1) is 17.2. The van der Waals surface area contributed by atoms with E-state index in [9.17, 15) is 14.4 Å². The van der Waals surface area contributed by atoms with E-state index < -0.39 is 23.8 Å². The van der Waals surface area contributed by atoms with Gasteiger partial charge < -0.3 is 14.4 Å². The van der Waals surface area contributed by atoms with Crippen molar-refractivity contribution < 1.29 is 23.9 Å². The zero-order valence-electron chi connectivity index (χ0n) is 21.4. The molecule has 0 spiro atoms. The van der Waals surface area contributed by atoms with Gasteiger partial charge in [-0.2, -0.15) is 0 Å². The first-order valence-electron chi connectivity index (χ1n) is 12.8. The molecule has 2 atom stereocenters. The zero-order chi connectivity index (χ0) is 25.7. The summed E-state index contributed by atoms with van der Waals surface area (Å²) in [5.41, 5.74) is 2.72. The highest BCUT2D eigenvalue weighted by atomic mass is 16.6. The molecule has 1 heterocycles. The molecular formula is C29H36N2O5. The van der Waals surface area contributed by atoms with E-state index in [4.69, 9.17) is 9.47 Å². The number of fused-ring (bicyclic) bond motifs is 1. The smallest absolute Gasteiger partial charge is 0.411 e. The van der Waals surface area contributed by atoms with Gasteiger partial charge in [0, 0.05) is 19.5 Å². The molecule has 1 fully saturated rings. The Morgan fingerprint density at radius 3 is 2.42 bits per heavy atom. The van der Waals surface area contributed by atoms with Crippen LogP contribution in [0.1, 0.15) is 62.6 Å². The van der Waals surface area contributed by atoms with Crippen molar-refractivity contribution in [2.75, 3.05) is 19.6 Å². The second kappa shape index (κ2) is 11.1. The Morgan fingerprint density at radius 2 is 1.67 bits per heavy atom. The number of hydrogen-bond acceptors (Lipinski definition) is 5. The lowest BCUT2D eigenvalue weighted by atomic mass is 9.79. The summed E-state index contributed by atoms with van der Waals surface area (Å²) in [5, 5.41) is 0. The summed E-state index contributed by atoms with van der Waals surface area (Å²) in [5.74, 6) is 0.0615. The Kier molecular flexibility index (Phi) is 7.97. The number of nitrogens with zero attached hydrogens (tertiary/aromatic N) is 2. The SMILES string of the molecule is CC(C)(C)OC(=O)N1CCN(C(=O)OCc2ccccc2)C[C@H]1C(=O)C[C@@H]1CCCc2ccccc21. The summed E-state index contributed by atoms with van der Waals surface area (Å²) in [4.78, 5) is 42.6. The molecule has 1 aliphatic heterocycles. The maximum absolute atomic E-state index is 13.7. The molecule has 2 aliphatic rings. The van der Waals surface area contributed by atoms with Crippen molar-refractivity contribution in [1.82, 2.24) is 9.80 Å². The average Bonchev–Trinajstić information content (AvgIpc) is 2.86. The van der Waals surface area contributed by atoms with Crippen LogP contribution in [0.4, 0.5) is 9.59 Å². The van der Waals surface area contributed by atoms with E-state index in [1.165, 1.54) is 20.9 Å². The highest BCUT2D eigenvalue weighted by molar-refractivity contribution is 5.89. The van der Waals surface area contributed by atoms with Crippen LogP contribution in [0.3, 0.4) is 0 Å². The fraction of sp³-hybridized carbons (Fsp3) is 0.483. The molecular weight excluding hydrogens is 456 g/mol. The number of amides is 2. The van der Waals surface area contributed by atoms with Crippen LogP contribution in [0.2, 0.25) is 0 Å². The second-order valence-corrected chi connectivity index (χ2v) is 10.6. The topological polar surface area (TPSA) is 76.2 Å². The Labute approximate surface area is 213 Å². The summed E-state index contributed by atoms with van der Waals surface area (Å²) in [6, 6.07) is 17.0. The van der Waals surface area contributed by atoms with Crippen molar-refractivity contribution >= 4 is 18.0 Å². The summed E-state index contributed by atoms with van der Waals surface area (Å²) in [7, 11) is 0. The number of ether oxygens (including phenoxy) is 2. The van der Waals surface area contributed by atoms with Crippen LogP contribution < -0.4 is 0 Å². The zero-order valence-corrected chi connectivity index (χ0v) is 21.4. The number of carbonyl (C=O) groups is 3. The van der Waals surface area contributed by atoms with Gasteiger partial charge in [0.05, 0.1) is 6.54 Å². The number of ketones is 1. The van der Waals surface area contributed by atoms with E-state index in [0.717, 1.165) is 24.8 Å². The standard InChI is InChI=1S/C29H36N2O5/c1-29(2,3)36-28(34)31-17-16-30(27(33)35-20-21-10-5-4-6-11-21)19-25(31)26(32)18-23-14-9-13-22-12-7-8-15-24(22)23/h4-8,10-12,15,23,25H,9,13-14,16-20H2,1-3H3/t23-,25-/m0/s1. The van der Waals surface area contributed by atoms with Crippen molar-refractivity contribution in [3.05, 3.63) is 71.3 Å². The number of rotatable bonds is 5. The summed E-state index contributed by atoms with van der Waals surface area (Å²) in [6.45, 7) is 6.16. The van der Waals surface area contributed by atoms with Gasteiger partial charge in [0.15, 0.2) is 5.78 Å². The van der Waals surface area contributed by atoms with Gasteiger partial charge in [0.2, 0.25) is 0 Å². The number of benzene rings is 2. The van der Waals surface area contributed by atoms with Gasteiger partial charge in [-0.15, -0.1) is 0 Å². The van der Waals surface area contributed by atoms with Crippen molar-refractivity contribution in [1.29, 1.82) is 0 Å². The lowest BCUT2D eigenvalue weighted by molar-refractivity contribution is -0.126. The first kappa shape index (κ1) is 25.7.